The Morgan fingerprint density at radius 3 is 2.60 bits per heavy atom. The normalized spacial score (nSPS) is 13.9. The standard InChI is InChI=1S/C32H33N3O5/c1-32(2)15-14-24-17-26(27(36)12-10-22-11-13-28(37-3)31(16-22)38-4)30(18-29(24)40-32)39-21-25-20-35(34-33-25)19-23-8-6-5-7-9-23/h5-13,16-18,20H,14-15,19,21H2,1-4H3/b12-10+. The Hall–Kier alpha value is -4.59. The van der Waals surface area contributed by atoms with Crippen LogP contribution in [-0.4, -0.2) is 40.6 Å². The Bertz CT molecular complexity index is 1530. The summed E-state index contributed by atoms with van der Waals surface area (Å²) in [6, 6.07) is 19.2. The van der Waals surface area contributed by atoms with E-state index in [4.69, 9.17) is 18.9 Å². The molecule has 0 amide bonds. The van der Waals surface area contributed by atoms with Crippen molar-refractivity contribution in [2.24, 2.45) is 0 Å². The molecule has 0 atom stereocenters. The molecule has 0 saturated carbocycles. The number of nitrogens with zero attached hydrogens (tertiary/aromatic N) is 3. The van der Waals surface area contributed by atoms with E-state index in [2.05, 4.69) is 24.2 Å². The minimum atomic E-state index is -0.288. The Kier molecular flexibility index (Phi) is 7.86. The summed E-state index contributed by atoms with van der Waals surface area (Å²) in [6.45, 7) is 4.90. The van der Waals surface area contributed by atoms with Crippen LogP contribution in [0.4, 0.5) is 0 Å². The van der Waals surface area contributed by atoms with E-state index in [1.165, 1.54) is 0 Å². The molecule has 3 aromatic carbocycles. The Labute approximate surface area is 234 Å². The molecule has 0 fully saturated rings. The van der Waals surface area contributed by atoms with Crippen LogP contribution in [0.15, 0.2) is 72.9 Å². The number of allylic oxidation sites excluding steroid dienone is 1. The van der Waals surface area contributed by atoms with Crippen LogP contribution in [0.3, 0.4) is 0 Å². The zero-order valence-corrected chi connectivity index (χ0v) is 23.2. The Morgan fingerprint density at radius 2 is 1.82 bits per heavy atom. The van der Waals surface area contributed by atoms with Gasteiger partial charge in [-0.05, 0) is 67.7 Å². The van der Waals surface area contributed by atoms with Crippen molar-refractivity contribution < 1.29 is 23.7 Å². The first-order valence-electron chi connectivity index (χ1n) is 13.2. The smallest absolute Gasteiger partial charge is 0.189 e. The van der Waals surface area contributed by atoms with E-state index in [9.17, 15) is 4.79 Å². The molecule has 8 heteroatoms. The second-order valence-corrected chi connectivity index (χ2v) is 10.3. The van der Waals surface area contributed by atoms with Crippen LogP contribution in [0, 0.1) is 0 Å². The number of aryl methyl sites for hydroxylation is 1. The quantitative estimate of drug-likeness (QED) is 0.183. The number of methoxy groups -OCH3 is 2. The minimum absolute atomic E-state index is 0.163. The van der Waals surface area contributed by atoms with Crippen LogP contribution in [-0.2, 0) is 19.6 Å². The van der Waals surface area contributed by atoms with Gasteiger partial charge in [-0.3, -0.25) is 4.79 Å². The summed E-state index contributed by atoms with van der Waals surface area (Å²) < 4.78 is 24.9. The fourth-order valence-corrected chi connectivity index (χ4v) is 4.62. The second kappa shape index (κ2) is 11.7. The van der Waals surface area contributed by atoms with E-state index in [-0.39, 0.29) is 18.0 Å². The van der Waals surface area contributed by atoms with Crippen LogP contribution in [0.1, 0.15) is 53.0 Å². The zero-order chi connectivity index (χ0) is 28.1. The van der Waals surface area contributed by atoms with Gasteiger partial charge in [0.05, 0.1) is 32.5 Å². The van der Waals surface area contributed by atoms with Crippen molar-refractivity contribution in [3.63, 3.8) is 0 Å². The van der Waals surface area contributed by atoms with Crippen LogP contribution in [0.25, 0.3) is 6.08 Å². The summed E-state index contributed by atoms with van der Waals surface area (Å²) in [5.41, 5.74) is 3.77. The first-order chi connectivity index (χ1) is 19.3. The summed E-state index contributed by atoms with van der Waals surface area (Å²) in [7, 11) is 3.17. The van der Waals surface area contributed by atoms with Crippen molar-refractivity contribution >= 4 is 11.9 Å². The summed E-state index contributed by atoms with van der Waals surface area (Å²) in [5.74, 6) is 2.22. The van der Waals surface area contributed by atoms with E-state index in [1.54, 1.807) is 37.1 Å². The lowest BCUT2D eigenvalue weighted by Crippen LogP contribution is -2.32. The third-order valence-corrected chi connectivity index (χ3v) is 6.79. The van der Waals surface area contributed by atoms with Crippen molar-refractivity contribution in [3.8, 4) is 23.0 Å². The van der Waals surface area contributed by atoms with E-state index in [0.29, 0.717) is 35.1 Å². The summed E-state index contributed by atoms with van der Waals surface area (Å²) >= 11 is 0. The number of aromatic nitrogens is 3. The topological polar surface area (TPSA) is 84.7 Å². The van der Waals surface area contributed by atoms with E-state index >= 15 is 0 Å². The van der Waals surface area contributed by atoms with E-state index in [0.717, 1.165) is 35.3 Å². The fraction of sp³-hybridized carbons (Fsp3) is 0.281. The maximum Gasteiger partial charge on any atom is 0.189 e. The largest absolute Gasteiger partial charge is 0.493 e. The van der Waals surface area contributed by atoms with Gasteiger partial charge in [0.1, 0.15) is 29.4 Å². The van der Waals surface area contributed by atoms with Crippen LogP contribution < -0.4 is 18.9 Å². The molecule has 5 rings (SSSR count). The first kappa shape index (κ1) is 27.0. The van der Waals surface area contributed by atoms with Gasteiger partial charge < -0.3 is 18.9 Å². The monoisotopic (exact) mass is 539 g/mol. The molecule has 1 aliphatic rings. The Balaban J connectivity index is 1.38. The number of carbonyl (C=O) groups excluding carboxylic acids is 1. The highest BCUT2D eigenvalue weighted by molar-refractivity contribution is 6.09. The predicted octanol–water partition coefficient (Wildman–Crippen LogP) is 5.92. The fourth-order valence-electron chi connectivity index (χ4n) is 4.62. The van der Waals surface area contributed by atoms with Gasteiger partial charge in [0.2, 0.25) is 0 Å². The maximum atomic E-state index is 13.5. The number of benzene rings is 3. The highest BCUT2D eigenvalue weighted by Crippen LogP contribution is 2.38. The molecule has 2 heterocycles. The minimum Gasteiger partial charge on any atom is -0.493 e. The molecule has 1 aliphatic heterocycles. The molecule has 0 aliphatic carbocycles. The van der Waals surface area contributed by atoms with Crippen LogP contribution in [0.2, 0.25) is 0 Å². The molecule has 206 valence electrons. The molecule has 8 nitrogen and oxygen atoms in total. The molecule has 0 unspecified atom stereocenters. The molecular weight excluding hydrogens is 506 g/mol. The molecule has 0 bridgehead atoms. The lowest BCUT2D eigenvalue weighted by atomic mass is 9.92. The number of ether oxygens (including phenoxy) is 4. The zero-order valence-electron chi connectivity index (χ0n) is 23.2. The number of ketones is 1. The van der Waals surface area contributed by atoms with Gasteiger partial charge >= 0.3 is 0 Å². The molecule has 40 heavy (non-hydrogen) atoms. The molecule has 4 aromatic rings. The van der Waals surface area contributed by atoms with Crippen LogP contribution >= 0.6 is 0 Å². The molecule has 0 N–H and O–H groups in total. The molecular formula is C32H33N3O5. The third-order valence-electron chi connectivity index (χ3n) is 6.79. The summed E-state index contributed by atoms with van der Waals surface area (Å²) in [6.07, 6.45) is 6.82. The van der Waals surface area contributed by atoms with Gasteiger partial charge in [-0.25, -0.2) is 4.68 Å². The first-order valence-corrected chi connectivity index (χ1v) is 13.2. The number of fused-ring (bicyclic) bond motifs is 1. The summed E-state index contributed by atoms with van der Waals surface area (Å²) in [5, 5.41) is 8.48. The average Bonchev–Trinajstić information content (AvgIpc) is 3.41. The maximum absolute atomic E-state index is 13.5. The summed E-state index contributed by atoms with van der Waals surface area (Å²) in [4.78, 5) is 13.5. The molecule has 0 saturated heterocycles. The van der Waals surface area contributed by atoms with Gasteiger partial charge in [0.15, 0.2) is 17.3 Å². The van der Waals surface area contributed by atoms with Crippen molar-refractivity contribution in [2.75, 3.05) is 14.2 Å². The number of hydrogen-bond acceptors (Lipinski definition) is 7. The van der Waals surface area contributed by atoms with Gasteiger partial charge in [0.25, 0.3) is 0 Å². The van der Waals surface area contributed by atoms with Crippen molar-refractivity contribution in [1.29, 1.82) is 0 Å². The number of rotatable bonds is 10. The van der Waals surface area contributed by atoms with Gasteiger partial charge in [-0.1, -0.05) is 47.7 Å². The highest BCUT2D eigenvalue weighted by atomic mass is 16.5. The highest BCUT2D eigenvalue weighted by Gasteiger charge is 2.28. The SMILES string of the molecule is COc1ccc(/C=C/C(=O)c2cc3c(cc2OCc2cn(Cc4ccccc4)nn2)OC(C)(C)CC3)cc1OC. The molecule has 0 radical (unpaired) electrons. The van der Waals surface area contributed by atoms with E-state index < -0.39 is 0 Å². The third kappa shape index (κ3) is 6.34. The lowest BCUT2D eigenvalue weighted by molar-refractivity contribution is 0.0840. The van der Waals surface area contributed by atoms with E-state index in [1.807, 2.05) is 60.8 Å². The van der Waals surface area contributed by atoms with Crippen molar-refractivity contribution in [1.82, 2.24) is 15.0 Å². The number of carbonyl (C=O) groups is 1. The Morgan fingerprint density at radius 1 is 1.02 bits per heavy atom. The second-order valence-electron chi connectivity index (χ2n) is 10.3. The van der Waals surface area contributed by atoms with Gasteiger partial charge in [0, 0.05) is 6.07 Å². The lowest BCUT2D eigenvalue weighted by Gasteiger charge is -2.33. The van der Waals surface area contributed by atoms with Gasteiger partial charge in [-0.2, -0.15) is 0 Å². The van der Waals surface area contributed by atoms with Crippen molar-refractivity contribution in [3.05, 3.63) is 101 Å². The number of hydrogen-bond donors (Lipinski definition) is 0. The average molecular weight is 540 g/mol. The molecule has 1 aromatic heterocycles. The van der Waals surface area contributed by atoms with Crippen molar-refractivity contribution in [2.45, 2.75) is 45.4 Å². The van der Waals surface area contributed by atoms with Crippen LogP contribution in [0.5, 0.6) is 23.0 Å². The molecule has 0 spiro atoms. The van der Waals surface area contributed by atoms with Gasteiger partial charge in [-0.15, -0.1) is 5.10 Å². The predicted molar refractivity (Wildman–Crippen MR) is 152 cm³/mol.